The zero-order valence-electron chi connectivity index (χ0n) is 9.63. The van der Waals surface area contributed by atoms with Crippen molar-refractivity contribution in [3.05, 3.63) is 68.7 Å². The summed E-state index contributed by atoms with van der Waals surface area (Å²) in [5.74, 6) is 3.59. The maximum Gasteiger partial charge on any atom is 0.163 e. The number of nitrogens with two attached hydrogens (primary N) is 1. The van der Waals surface area contributed by atoms with Gasteiger partial charge in [0.25, 0.3) is 0 Å². The molecule has 0 aliphatic heterocycles. The lowest BCUT2D eigenvalue weighted by Gasteiger charge is -2.19. The van der Waals surface area contributed by atoms with E-state index in [0.717, 1.165) is 6.07 Å². The van der Waals surface area contributed by atoms with E-state index >= 15 is 0 Å². The molecule has 100 valence electrons. The number of benzene rings is 2. The van der Waals surface area contributed by atoms with Crippen LogP contribution in [0.4, 0.5) is 8.78 Å². The molecule has 0 aliphatic rings. The maximum absolute atomic E-state index is 13.8. The van der Waals surface area contributed by atoms with Gasteiger partial charge in [-0.25, -0.2) is 14.2 Å². The smallest absolute Gasteiger partial charge is 0.163 e. The first-order chi connectivity index (χ1) is 9.06. The third-order valence-corrected chi connectivity index (χ3v) is 4.06. The molecule has 6 heteroatoms. The Balaban J connectivity index is 2.57. The molecule has 19 heavy (non-hydrogen) atoms. The van der Waals surface area contributed by atoms with Crippen LogP contribution in [0.5, 0.6) is 0 Å². The van der Waals surface area contributed by atoms with Crippen LogP contribution in [-0.2, 0) is 0 Å². The van der Waals surface area contributed by atoms with Crippen LogP contribution in [0.3, 0.4) is 0 Å². The van der Waals surface area contributed by atoms with Gasteiger partial charge in [0.2, 0.25) is 0 Å². The Bertz CT molecular complexity index is 556. The number of hydrogen-bond donors (Lipinski definition) is 2. The van der Waals surface area contributed by atoms with E-state index in [1.54, 1.807) is 18.2 Å². The first-order valence-electron chi connectivity index (χ1n) is 5.40. The molecule has 1 atom stereocenters. The molecule has 0 amide bonds. The van der Waals surface area contributed by atoms with Crippen molar-refractivity contribution >= 4 is 27.5 Å². The molecule has 0 heterocycles. The topological polar surface area (TPSA) is 38.0 Å². The van der Waals surface area contributed by atoms with Crippen LogP contribution in [0.2, 0.25) is 5.02 Å². The van der Waals surface area contributed by atoms with E-state index in [0.29, 0.717) is 15.1 Å². The van der Waals surface area contributed by atoms with Crippen molar-refractivity contribution in [1.29, 1.82) is 0 Å². The average Bonchev–Trinajstić information content (AvgIpc) is 2.40. The summed E-state index contributed by atoms with van der Waals surface area (Å²) in [6, 6.07) is 8.38. The van der Waals surface area contributed by atoms with Crippen LogP contribution in [0.25, 0.3) is 0 Å². The summed E-state index contributed by atoms with van der Waals surface area (Å²) < 4.78 is 27.8. The number of hydrogen-bond acceptors (Lipinski definition) is 2. The fourth-order valence-corrected chi connectivity index (χ4v) is 2.45. The maximum atomic E-state index is 13.8. The van der Waals surface area contributed by atoms with Crippen LogP contribution < -0.4 is 11.3 Å². The van der Waals surface area contributed by atoms with Crippen molar-refractivity contribution in [1.82, 2.24) is 5.43 Å². The van der Waals surface area contributed by atoms with Gasteiger partial charge in [0.05, 0.1) is 11.1 Å². The van der Waals surface area contributed by atoms with E-state index in [2.05, 4.69) is 21.4 Å². The number of hydrazine groups is 1. The zero-order valence-corrected chi connectivity index (χ0v) is 12.0. The monoisotopic (exact) mass is 346 g/mol. The molecule has 0 spiro atoms. The average molecular weight is 348 g/mol. The third kappa shape index (κ3) is 2.79. The quantitative estimate of drug-likeness (QED) is 0.652. The molecule has 1 unspecified atom stereocenters. The third-order valence-electron chi connectivity index (χ3n) is 2.75. The Kier molecular flexibility index (Phi) is 4.52. The van der Waals surface area contributed by atoms with Crippen molar-refractivity contribution in [3.8, 4) is 0 Å². The first-order valence-corrected chi connectivity index (χ1v) is 6.57. The lowest BCUT2D eigenvalue weighted by molar-refractivity contribution is 0.483. The molecule has 3 N–H and O–H groups in total. The van der Waals surface area contributed by atoms with Gasteiger partial charge in [0, 0.05) is 10.0 Å². The van der Waals surface area contributed by atoms with Gasteiger partial charge in [-0.1, -0.05) is 35.9 Å². The number of halogens is 4. The fraction of sp³-hybridized carbons (Fsp3) is 0.0769. The predicted molar refractivity (Wildman–Crippen MR) is 74.7 cm³/mol. The second-order valence-electron chi connectivity index (χ2n) is 3.89. The lowest BCUT2D eigenvalue weighted by Crippen LogP contribution is -2.30. The van der Waals surface area contributed by atoms with E-state index in [9.17, 15) is 8.78 Å². The van der Waals surface area contributed by atoms with E-state index in [-0.39, 0.29) is 5.56 Å². The molecular weight excluding hydrogens is 338 g/mol. The SMILES string of the molecule is NNC(c1cccc(F)c1F)c1cccc(Br)c1Cl. The van der Waals surface area contributed by atoms with Crippen LogP contribution in [0.15, 0.2) is 40.9 Å². The Morgan fingerprint density at radius 3 is 2.42 bits per heavy atom. The normalized spacial score (nSPS) is 12.5. The van der Waals surface area contributed by atoms with Crippen molar-refractivity contribution < 1.29 is 8.78 Å². The van der Waals surface area contributed by atoms with Gasteiger partial charge >= 0.3 is 0 Å². The highest BCUT2D eigenvalue weighted by Crippen LogP contribution is 2.34. The van der Waals surface area contributed by atoms with E-state index in [1.807, 2.05) is 0 Å². The second kappa shape index (κ2) is 5.96. The van der Waals surface area contributed by atoms with Gasteiger partial charge in [0.1, 0.15) is 0 Å². The molecule has 2 aromatic carbocycles. The standard InChI is InChI=1S/C13H10BrClF2N2/c14-9-5-1-3-7(11(9)15)13(19-18)8-4-2-6-10(16)12(8)17/h1-6,13,19H,18H2. The van der Waals surface area contributed by atoms with Crippen molar-refractivity contribution in [3.63, 3.8) is 0 Å². The Morgan fingerprint density at radius 2 is 1.74 bits per heavy atom. The number of rotatable bonds is 3. The van der Waals surface area contributed by atoms with Gasteiger partial charge in [-0.15, -0.1) is 0 Å². The molecule has 0 bridgehead atoms. The summed E-state index contributed by atoms with van der Waals surface area (Å²) in [6.07, 6.45) is 0. The van der Waals surface area contributed by atoms with Gasteiger partial charge in [-0.2, -0.15) is 0 Å². The molecule has 2 nitrogen and oxygen atoms in total. The van der Waals surface area contributed by atoms with Crippen molar-refractivity contribution in [2.24, 2.45) is 5.84 Å². The van der Waals surface area contributed by atoms with E-state index in [4.69, 9.17) is 17.4 Å². The molecule has 0 aromatic heterocycles. The minimum atomic E-state index is -0.943. The minimum Gasteiger partial charge on any atom is -0.271 e. The highest BCUT2D eigenvalue weighted by molar-refractivity contribution is 9.10. The Morgan fingerprint density at radius 1 is 1.11 bits per heavy atom. The van der Waals surface area contributed by atoms with E-state index < -0.39 is 17.7 Å². The minimum absolute atomic E-state index is 0.0995. The molecule has 0 radical (unpaired) electrons. The van der Waals surface area contributed by atoms with Crippen LogP contribution >= 0.6 is 27.5 Å². The highest BCUT2D eigenvalue weighted by Gasteiger charge is 2.21. The zero-order chi connectivity index (χ0) is 14.0. The summed E-state index contributed by atoms with van der Waals surface area (Å²) in [7, 11) is 0. The molecule has 0 saturated heterocycles. The summed E-state index contributed by atoms with van der Waals surface area (Å²) in [5, 5.41) is 0.397. The molecule has 0 aliphatic carbocycles. The van der Waals surface area contributed by atoms with E-state index in [1.165, 1.54) is 12.1 Å². The van der Waals surface area contributed by atoms with Gasteiger partial charge < -0.3 is 0 Å². The lowest BCUT2D eigenvalue weighted by atomic mass is 9.98. The van der Waals surface area contributed by atoms with Crippen LogP contribution in [0, 0.1) is 11.6 Å². The molecule has 2 rings (SSSR count). The molecular formula is C13H10BrClF2N2. The van der Waals surface area contributed by atoms with Gasteiger partial charge in [-0.3, -0.25) is 5.84 Å². The Hall–Kier alpha value is -1.01. The summed E-state index contributed by atoms with van der Waals surface area (Å²) in [4.78, 5) is 0. The van der Waals surface area contributed by atoms with Crippen LogP contribution in [-0.4, -0.2) is 0 Å². The molecule has 0 saturated carbocycles. The molecule has 2 aromatic rings. The first kappa shape index (κ1) is 14.4. The summed E-state index contributed by atoms with van der Waals surface area (Å²) >= 11 is 9.43. The predicted octanol–water partition coefficient (Wildman–Crippen LogP) is 3.93. The van der Waals surface area contributed by atoms with Crippen molar-refractivity contribution in [2.45, 2.75) is 6.04 Å². The molecule has 0 fully saturated rings. The number of nitrogens with one attached hydrogen (secondary N) is 1. The highest BCUT2D eigenvalue weighted by atomic mass is 79.9. The Labute approximate surface area is 122 Å². The summed E-state index contributed by atoms with van der Waals surface area (Å²) in [6.45, 7) is 0. The van der Waals surface area contributed by atoms with Crippen molar-refractivity contribution in [2.75, 3.05) is 0 Å². The largest absolute Gasteiger partial charge is 0.271 e. The second-order valence-corrected chi connectivity index (χ2v) is 5.12. The summed E-state index contributed by atoms with van der Waals surface area (Å²) in [5.41, 5.74) is 3.12. The fourth-order valence-electron chi connectivity index (χ4n) is 1.83. The van der Waals surface area contributed by atoms with Gasteiger partial charge in [-0.05, 0) is 33.6 Å². The van der Waals surface area contributed by atoms with Crippen LogP contribution in [0.1, 0.15) is 17.2 Å². The van der Waals surface area contributed by atoms with Gasteiger partial charge in [0.15, 0.2) is 11.6 Å².